The highest BCUT2D eigenvalue weighted by atomic mass is 16.7. The van der Waals surface area contributed by atoms with Crippen molar-refractivity contribution < 1.29 is 9.63 Å². The Balaban J connectivity index is 1.02. The lowest BCUT2D eigenvalue weighted by atomic mass is 9.95. The number of hydrogen-bond acceptors (Lipinski definition) is 6. The van der Waals surface area contributed by atoms with Crippen LogP contribution in [0.5, 0.6) is 0 Å². The fourth-order valence-corrected chi connectivity index (χ4v) is 5.26. The van der Waals surface area contributed by atoms with Crippen LogP contribution in [0.2, 0.25) is 0 Å². The summed E-state index contributed by atoms with van der Waals surface area (Å²) in [6.07, 6.45) is 2.87. The molecule has 0 bridgehead atoms. The Labute approximate surface area is 203 Å². The molecule has 0 spiro atoms. The summed E-state index contributed by atoms with van der Waals surface area (Å²) in [6.45, 7) is 9.44. The molecular formula is C27H37N5O2. The van der Waals surface area contributed by atoms with E-state index in [1.807, 2.05) is 0 Å². The molecule has 2 aromatic rings. The Hall–Kier alpha value is -2.45. The second-order valence-corrected chi connectivity index (χ2v) is 9.56. The van der Waals surface area contributed by atoms with Gasteiger partial charge in [-0.2, -0.15) is 5.06 Å². The topological polar surface area (TPSA) is 60.1 Å². The van der Waals surface area contributed by atoms with Gasteiger partial charge in [0, 0.05) is 51.5 Å². The zero-order chi connectivity index (χ0) is 23.2. The molecule has 0 aliphatic carbocycles. The van der Waals surface area contributed by atoms with Crippen molar-refractivity contribution in [1.29, 1.82) is 0 Å². The molecule has 0 saturated carbocycles. The van der Waals surface area contributed by atoms with Crippen molar-refractivity contribution >= 4 is 11.6 Å². The minimum absolute atomic E-state index is 0.121. The smallest absolute Gasteiger partial charge is 0.237 e. The highest BCUT2D eigenvalue weighted by molar-refractivity contribution is 5.82. The summed E-state index contributed by atoms with van der Waals surface area (Å²) in [5, 5.41) is 8.61. The molecule has 2 N–H and O–H groups in total. The van der Waals surface area contributed by atoms with Crippen LogP contribution >= 0.6 is 0 Å². The Bertz CT molecular complexity index is 954. The molecule has 0 aromatic heterocycles. The van der Waals surface area contributed by atoms with Crippen LogP contribution in [0.1, 0.15) is 29.5 Å². The highest BCUT2D eigenvalue weighted by Crippen LogP contribution is 2.24. The van der Waals surface area contributed by atoms with Gasteiger partial charge in [-0.25, -0.2) is 0 Å². The zero-order valence-electron chi connectivity index (χ0n) is 20.0. The predicted molar refractivity (Wildman–Crippen MR) is 134 cm³/mol. The molecule has 7 nitrogen and oxygen atoms in total. The molecule has 34 heavy (non-hydrogen) atoms. The SMILES string of the molecule is O=C(NCCCN1CCN(c2ccccc2CN2CCCO2)CC1)C1Cc2ccccc2CN1. The number of hydroxylamine groups is 2. The number of carbonyl (C=O) groups is 1. The van der Waals surface area contributed by atoms with Gasteiger partial charge in [0.05, 0.1) is 19.2 Å². The number of rotatable bonds is 8. The predicted octanol–water partition coefficient (Wildman–Crippen LogP) is 2.17. The number of carbonyl (C=O) groups excluding carboxylic acids is 1. The normalized spacial score (nSPS) is 21.4. The first-order chi connectivity index (χ1) is 16.8. The maximum Gasteiger partial charge on any atom is 0.237 e. The number of anilines is 1. The van der Waals surface area contributed by atoms with Crippen LogP contribution in [-0.2, 0) is 29.1 Å². The molecule has 7 heteroatoms. The van der Waals surface area contributed by atoms with Crippen molar-refractivity contribution in [2.75, 3.05) is 57.3 Å². The number of amides is 1. The third-order valence-corrected chi connectivity index (χ3v) is 7.23. The summed E-state index contributed by atoms with van der Waals surface area (Å²) >= 11 is 0. The number of piperazine rings is 1. The van der Waals surface area contributed by atoms with Crippen molar-refractivity contribution in [3.8, 4) is 0 Å². The summed E-state index contributed by atoms with van der Waals surface area (Å²) in [7, 11) is 0. The number of hydrogen-bond donors (Lipinski definition) is 2. The molecule has 3 aliphatic heterocycles. The van der Waals surface area contributed by atoms with E-state index >= 15 is 0 Å². The van der Waals surface area contributed by atoms with Crippen LogP contribution in [0, 0.1) is 0 Å². The van der Waals surface area contributed by atoms with Crippen LogP contribution in [0.3, 0.4) is 0 Å². The molecule has 5 rings (SSSR count). The van der Waals surface area contributed by atoms with Gasteiger partial charge in [0.15, 0.2) is 0 Å². The van der Waals surface area contributed by atoms with Crippen molar-refractivity contribution in [2.45, 2.75) is 38.4 Å². The summed E-state index contributed by atoms with van der Waals surface area (Å²) in [6, 6.07) is 17.0. The number of fused-ring (bicyclic) bond motifs is 1. The molecule has 1 atom stereocenters. The van der Waals surface area contributed by atoms with E-state index in [1.54, 1.807) is 0 Å². The second kappa shape index (κ2) is 11.3. The standard InChI is InChI=1S/C27H37N5O2/c33-27(25-19-22-7-1-2-8-23(22)20-29-25)28-11-5-12-30-14-16-31(17-15-30)26-10-4-3-9-24(26)21-32-13-6-18-34-32/h1-4,7-10,25,29H,5-6,11-21H2,(H,28,33). The lowest BCUT2D eigenvalue weighted by Crippen LogP contribution is -2.49. The van der Waals surface area contributed by atoms with E-state index in [2.05, 4.69) is 74.0 Å². The van der Waals surface area contributed by atoms with Crippen molar-refractivity contribution in [2.24, 2.45) is 0 Å². The summed E-state index contributed by atoms with van der Waals surface area (Å²) in [5.41, 5.74) is 5.28. The summed E-state index contributed by atoms with van der Waals surface area (Å²) in [5.74, 6) is 0.123. The summed E-state index contributed by atoms with van der Waals surface area (Å²) in [4.78, 5) is 23.4. The first-order valence-corrected chi connectivity index (χ1v) is 12.8. The van der Waals surface area contributed by atoms with Crippen molar-refractivity contribution in [3.05, 3.63) is 65.2 Å². The van der Waals surface area contributed by atoms with Crippen LogP contribution in [0.15, 0.2) is 48.5 Å². The van der Waals surface area contributed by atoms with E-state index in [0.29, 0.717) is 0 Å². The van der Waals surface area contributed by atoms with Gasteiger partial charge in [-0.1, -0.05) is 42.5 Å². The van der Waals surface area contributed by atoms with Gasteiger partial charge < -0.3 is 15.5 Å². The van der Waals surface area contributed by atoms with E-state index in [1.165, 1.54) is 22.4 Å². The number of nitrogens with zero attached hydrogens (tertiary/aromatic N) is 3. The maximum atomic E-state index is 12.6. The molecule has 1 unspecified atom stereocenters. The van der Waals surface area contributed by atoms with Gasteiger partial charge in [0.1, 0.15) is 0 Å². The van der Waals surface area contributed by atoms with Gasteiger partial charge in [-0.15, -0.1) is 0 Å². The van der Waals surface area contributed by atoms with Crippen LogP contribution in [0.25, 0.3) is 0 Å². The average Bonchev–Trinajstić information content (AvgIpc) is 3.40. The number of nitrogens with one attached hydrogen (secondary N) is 2. The third-order valence-electron chi connectivity index (χ3n) is 7.23. The van der Waals surface area contributed by atoms with Crippen LogP contribution < -0.4 is 15.5 Å². The Morgan fingerprint density at radius 2 is 1.79 bits per heavy atom. The zero-order valence-corrected chi connectivity index (χ0v) is 20.0. The monoisotopic (exact) mass is 463 g/mol. The quantitative estimate of drug-likeness (QED) is 0.586. The maximum absolute atomic E-state index is 12.6. The fourth-order valence-electron chi connectivity index (χ4n) is 5.26. The molecule has 2 saturated heterocycles. The van der Waals surface area contributed by atoms with Crippen LogP contribution in [0.4, 0.5) is 5.69 Å². The van der Waals surface area contributed by atoms with Crippen molar-refractivity contribution in [3.63, 3.8) is 0 Å². The first kappa shape index (κ1) is 23.3. The van der Waals surface area contributed by atoms with E-state index in [0.717, 1.165) is 84.8 Å². The van der Waals surface area contributed by atoms with Gasteiger partial charge in [-0.3, -0.25) is 14.5 Å². The van der Waals surface area contributed by atoms with E-state index < -0.39 is 0 Å². The molecule has 3 aliphatic rings. The minimum Gasteiger partial charge on any atom is -0.369 e. The third kappa shape index (κ3) is 5.78. The molecule has 3 heterocycles. The minimum atomic E-state index is -0.121. The van der Waals surface area contributed by atoms with Gasteiger partial charge in [-0.05, 0) is 48.6 Å². The lowest BCUT2D eigenvalue weighted by molar-refractivity contribution is -0.123. The van der Waals surface area contributed by atoms with E-state index in [4.69, 9.17) is 4.84 Å². The Morgan fingerprint density at radius 1 is 1.00 bits per heavy atom. The fraction of sp³-hybridized carbons (Fsp3) is 0.519. The van der Waals surface area contributed by atoms with E-state index in [9.17, 15) is 4.79 Å². The molecular weight excluding hydrogens is 426 g/mol. The molecule has 1 amide bonds. The van der Waals surface area contributed by atoms with Gasteiger partial charge in [0.25, 0.3) is 0 Å². The molecule has 2 aromatic carbocycles. The number of benzene rings is 2. The number of para-hydroxylation sites is 1. The van der Waals surface area contributed by atoms with E-state index in [-0.39, 0.29) is 11.9 Å². The Kier molecular flexibility index (Phi) is 7.76. The van der Waals surface area contributed by atoms with Crippen LogP contribution in [-0.4, -0.2) is 74.3 Å². The average molecular weight is 464 g/mol. The van der Waals surface area contributed by atoms with Gasteiger partial charge in [0.2, 0.25) is 5.91 Å². The van der Waals surface area contributed by atoms with Crippen molar-refractivity contribution in [1.82, 2.24) is 20.6 Å². The summed E-state index contributed by atoms with van der Waals surface area (Å²) < 4.78 is 0. The lowest BCUT2D eigenvalue weighted by Gasteiger charge is -2.37. The molecule has 0 radical (unpaired) electrons. The first-order valence-electron chi connectivity index (χ1n) is 12.8. The Morgan fingerprint density at radius 3 is 2.62 bits per heavy atom. The largest absolute Gasteiger partial charge is 0.369 e. The molecule has 2 fully saturated rings. The highest BCUT2D eigenvalue weighted by Gasteiger charge is 2.24. The molecule has 182 valence electrons. The van der Waals surface area contributed by atoms with Gasteiger partial charge >= 0.3 is 0 Å². The second-order valence-electron chi connectivity index (χ2n) is 9.56.